The molecule has 0 spiro atoms. The SMILES string of the molecule is Cc1cc(C)c(B2c3cc(S(=O)(=O)c4ccccc4)ccc3-c3c(F)c4c(c(F)c32)-c2ccc(S(=O)(=O)c3ccccc3)cc2B4c2c(C)cc(C)cc2C)c(C)c1. The molecular weight excluding hydrogens is 764 g/mol. The number of hydrogen-bond acceptors (Lipinski definition) is 4. The van der Waals surface area contributed by atoms with Crippen LogP contribution in [-0.2, 0) is 19.7 Å². The summed E-state index contributed by atoms with van der Waals surface area (Å²) in [4.78, 5) is 0.315. The van der Waals surface area contributed by atoms with E-state index in [-0.39, 0.29) is 41.6 Å². The van der Waals surface area contributed by atoms with Crippen molar-refractivity contribution < 1.29 is 25.6 Å². The van der Waals surface area contributed by atoms with Crippen LogP contribution in [0.15, 0.2) is 141 Å². The van der Waals surface area contributed by atoms with Gasteiger partial charge >= 0.3 is 0 Å². The molecule has 7 aromatic rings. The first-order chi connectivity index (χ1) is 27.6. The molecule has 4 nitrogen and oxygen atoms in total. The first kappa shape index (κ1) is 38.0. The number of aryl methyl sites for hydroxylation is 6. The molecule has 9 rings (SSSR count). The quantitative estimate of drug-likeness (QED) is 0.181. The fourth-order valence-electron chi connectivity index (χ4n) is 9.82. The molecule has 0 bridgehead atoms. The molecule has 286 valence electrons. The smallest absolute Gasteiger partial charge is 0.219 e. The van der Waals surface area contributed by atoms with E-state index in [2.05, 4.69) is 0 Å². The standard InChI is InChI=1S/C48H38B2F2O4S2/c1-27-21-29(3)43(30(4)22-27)49-39-25-35(57(53,54)33-13-9-7-10-14-33)17-19-37(39)41-45(49)47(51)42-38-20-18-36(58(55,56)34-15-11-8-12-16-34)26-40(38)50(46(42)48(41)52)44-31(5)23-28(2)24-32(44)6/h7-26H,1-6H3. The third-order valence-electron chi connectivity index (χ3n) is 12.0. The Morgan fingerprint density at radius 2 is 0.724 bits per heavy atom. The van der Waals surface area contributed by atoms with Gasteiger partial charge in [0.25, 0.3) is 0 Å². The van der Waals surface area contributed by atoms with Crippen molar-refractivity contribution in [3.8, 4) is 22.3 Å². The lowest BCUT2D eigenvalue weighted by Gasteiger charge is -2.21. The summed E-state index contributed by atoms with van der Waals surface area (Å²) in [6.07, 6.45) is 0. The highest BCUT2D eigenvalue weighted by atomic mass is 32.2. The van der Waals surface area contributed by atoms with Crippen LogP contribution in [0.3, 0.4) is 0 Å². The zero-order chi connectivity index (χ0) is 41.0. The first-order valence-electron chi connectivity index (χ1n) is 19.2. The van der Waals surface area contributed by atoms with E-state index in [0.717, 1.165) is 44.3 Å². The Kier molecular flexibility index (Phi) is 8.84. The van der Waals surface area contributed by atoms with Gasteiger partial charge in [0.2, 0.25) is 33.1 Å². The van der Waals surface area contributed by atoms with Gasteiger partial charge in [-0.2, -0.15) is 0 Å². The summed E-state index contributed by atoms with van der Waals surface area (Å²) in [5.41, 5.74) is 9.40. The molecule has 2 aliphatic rings. The van der Waals surface area contributed by atoms with Crippen LogP contribution in [0.1, 0.15) is 33.4 Å². The van der Waals surface area contributed by atoms with Gasteiger partial charge in [-0.25, -0.2) is 25.6 Å². The van der Waals surface area contributed by atoms with Crippen molar-refractivity contribution in [2.45, 2.75) is 61.1 Å². The molecule has 0 N–H and O–H groups in total. The maximum Gasteiger partial charge on any atom is 0.247 e. The maximum absolute atomic E-state index is 18.3. The molecule has 10 heteroatoms. The van der Waals surface area contributed by atoms with Crippen LogP contribution in [0, 0.1) is 53.2 Å². The summed E-state index contributed by atoms with van der Waals surface area (Å²) in [6.45, 7) is 10.1. The molecule has 0 amide bonds. The lowest BCUT2D eigenvalue weighted by molar-refractivity contribution is 0.594. The van der Waals surface area contributed by atoms with Crippen LogP contribution in [0.2, 0.25) is 0 Å². The zero-order valence-corrected chi connectivity index (χ0v) is 34.5. The third kappa shape index (κ3) is 5.59. The number of rotatable bonds is 6. The first-order valence-corrected chi connectivity index (χ1v) is 22.2. The second kappa shape index (κ2) is 13.5. The van der Waals surface area contributed by atoms with E-state index in [0.29, 0.717) is 22.1 Å². The lowest BCUT2D eigenvalue weighted by atomic mass is 9.36. The lowest BCUT2D eigenvalue weighted by Crippen LogP contribution is -2.55. The van der Waals surface area contributed by atoms with E-state index in [4.69, 9.17) is 0 Å². The van der Waals surface area contributed by atoms with Gasteiger partial charge in [0.05, 0.1) is 19.6 Å². The summed E-state index contributed by atoms with van der Waals surface area (Å²) in [6, 6.07) is 33.7. The molecule has 0 fully saturated rings. The van der Waals surface area contributed by atoms with Crippen molar-refractivity contribution >= 4 is 65.9 Å². The van der Waals surface area contributed by atoms with Gasteiger partial charge in [-0.1, -0.05) is 128 Å². The van der Waals surface area contributed by atoms with Crippen LogP contribution < -0.4 is 32.8 Å². The minimum Gasteiger partial charge on any atom is -0.219 e. The Balaban J connectivity index is 1.37. The fourth-order valence-corrected chi connectivity index (χ4v) is 12.5. The summed E-state index contributed by atoms with van der Waals surface area (Å²) < 4.78 is 92.8. The topological polar surface area (TPSA) is 68.3 Å². The van der Waals surface area contributed by atoms with Crippen molar-refractivity contribution in [3.05, 3.63) is 166 Å². The molecule has 0 saturated carbocycles. The largest absolute Gasteiger partial charge is 0.247 e. The van der Waals surface area contributed by atoms with E-state index in [1.807, 2.05) is 65.8 Å². The Hall–Kier alpha value is -5.57. The highest BCUT2D eigenvalue weighted by Crippen LogP contribution is 2.37. The molecule has 7 aromatic carbocycles. The number of halogens is 2. The van der Waals surface area contributed by atoms with E-state index < -0.39 is 44.7 Å². The normalized spacial score (nSPS) is 13.0. The van der Waals surface area contributed by atoms with E-state index >= 15 is 8.78 Å². The second-order valence-corrected chi connectivity index (χ2v) is 19.7. The molecule has 0 saturated heterocycles. The molecule has 2 aliphatic heterocycles. The van der Waals surface area contributed by atoms with Gasteiger partial charge in [-0.05, 0) is 112 Å². The minimum atomic E-state index is -3.98. The molecule has 58 heavy (non-hydrogen) atoms. The van der Waals surface area contributed by atoms with Gasteiger partial charge < -0.3 is 0 Å². The van der Waals surface area contributed by atoms with Gasteiger partial charge in [-0.3, -0.25) is 0 Å². The summed E-state index contributed by atoms with van der Waals surface area (Å²) in [7, 11) is -7.96. The average Bonchev–Trinajstić information content (AvgIpc) is 3.70. The number of benzene rings is 7. The molecular formula is C48H38B2F2O4S2. The Bertz CT molecular complexity index is 2870. The van der Waals surface area contributed by atoms with Crippen LogP contribution in [0.4, 0.5) is 8.78 Å². The second-order valence-electron chi connectivity index (χ2n) is 15.8. The number of sulfone groups is 2. The Morgan fingerprint density at radius 3 is 1.05 bits per heavy atom. The fraction of sp³-hybridized carbons (Fsp3) is 0.125. The number of fused-ring (bicyclic) bond motifs is 6. The highest BCUT2D eigenvalue weighted by Gasteiger charge is 2.48. The van der Waals surface area contributed by atoms with E-state index in [1.54, 1.807) is 60.7 Å². The highest BCUT2D eigenvalue weighted by molar-refractivity contribution is 7.91. The maximum atomic E-state index is 18.3. The van der Waals surface area contributed by atoms with Crippen LogP contribution in [0.5, 0.6) is 0 Å². The number of hydrogen-bond donors (Lipinski definition) is 0. The van der Waals surface area contributed by atoms with E-state index in [9.17, 15) is 16.8 Å². The molecule has 0 atom stereocenters. The Morgan fingerprint density at radius 1 is 0.397 bits per heavy atom. The molecule has 0 aromatic heterocycles. The van der Waals surface area contributed by atoms with Crippen molar-refractivity contribution in [1.82, 2.24) is 0 Å². The Labute approximate surface area is 339 Å². The molecule has 2 heterocycles. The average molecular weight is 803 g/mol. The predicted octanol–water partition coefficient (Wildman–Crippen LogP) is 6.47. The zero-order valence-electron chi connectivity index (χ0n) is 32.9. The van der Waals surface area contributed by atoms with Crippen molar-refractivity contribution in [1.29, 1.82) is 0 Å². The third-order valence-corrected chi connectivity index (χ3v) is 15.6. The monoisotopic (exact) mass is 802 g/mol. The van der Waals surface area contributed by atoms with Gasteiger partial charge in [0, 0.05) is 11.1 Å². The van der Waals surface area contributed by atoms with Gasteiger partial charge in [0.15, 0.2) is 0 Å². The molecule has 0 radical (unpaired) electrons. The summed E-state index contributed by atoms with van der Waals surface area (Å²) in [5, 5.41) is 0. The molecule has 0 unspecified atom stereocenters. The van der Waals surface area contributed by atoms with Crippen LogP contribution >= 0.6 is 0 Å². The van der Waals surface area contributed by atoms with Crippen molar-refractivity contribution in [3.63, 3.8) is 0 Å². The summed E-state index contributed by atoms with van der Waals surface area (Å²) in [5.74, 6) is -1.21. The van der Waals surface area contributed by atoms with Crippen molar-refractivity contribution in [2.24, 2.45) is 0 Å². The van der Waals surface area contributed by atoms with Gasteiger partial charge in [-0.15, -0.1) is 0 Å². The van der Waals surface area contributed by atoms with Crippen LogP contribution in [-0.4, -0.2) is 30.3 Å². The molecule has 0 aliphatic carbocycles. The minimum absolute atomic E-state index is 0.0345. The van der Waals surface area contributed by atoms with Crippen LogP contribution in [0.25, 0.3) is 22.3 Å². The van der Waals surface area contributed by atoms with Gasteiger partial charge in [0.1, 0.15) is 11.6 Å². The summed E-state index contributed by atoms with van der Waals surface area (Å²) >= 11 is 0. The van der Waals surface area contributed by atoms with E-state index in [1.165, 1.54) is 36.4 Å². The predicted molar refractivity (Wildman–Crippen MR) is 232 cm³/mol. The van der Waals surface area contributed by atoms with Crippen molar-refractivity contribution in [2.75, 3.05) is 0 Å².